The highest BCUT2D eigenvalue weighted by molar-refractivity contribution is 14.1. The van der Waals surface area contributed by atoms with Crippen LogP contribution in [0.5, 0.6) is 5.75 Å². The van der Waals surface area contributed by atoms with Gasteiger partial charge in [0.25, 0.3) is 0 Å². The average Bonchev–Trinajstić information content (AvgIpc) is 2.66. The number of aliphatic carboxylic acids is 1. The molecule has 158 valence electrons. The molecule has 9 heteroatoms. The highest BCUT2D eigenvalue weighted by Crippen LogP contribution is 2.29. The number of nitrogens with zero attached hydrogens (tertiary/aromatic N) is 1. The molecule has 3 rings (SSSR count). The fourth-order valence-electron chi connectivity index (χ4n) is 3.01. The molecule has 1 unspecified atom stereocenters. The predicted octanol–water partition coefficient (Wildman–Crippen LogP) is 5.45. The molecule has 1 saturated heterocycles. The summed E-state index contributed by atoms with van der Waals surface area (Å²) in [5.41, 5.74) is 1.80. The van der Waals surface area contributed by atoms with Crippen LogP contribution < -0.4 is 4.74 Å². The van der Waals surface area contributed by atoms with Crippen molar-refractivity contribution < 1.29 is 19.4 Å². The standard InChI is InChI=1S/C20H20Cl2INO4.ClH/c21-17-9-14(23)10-18(22)16(17)12-28-15-3-1-13(2-4-15)19-11-24(7-8-27-19)6-5-20(25)26;/h1-4,9-10,19H,5-8,11-12H2,(H,25,26);1H. The third-order valence-electron chi connectivity index (χ3n) is 4.53. The number of halogens is 4. The molecule has 0 spiro atoms. The molecule has 0 aromatic heterocycles. The third kappa shape index (κ3) is 7.15. The summed E-state index contributed by atoms with van der Waals surface area (Å²) in [7, 11) is 0. The molecule has 29 heavy (non-hydrogen) atoms. The number of hydrogen-bond donors (Lipinski definition) is 1. The number of benzene rings is 2. The van der Waals surface area contributed by atoms with Crippen molar-refractivity contribution in [2.24, 2.45) is 0 Å². The summed E-state index contributed by atoms with van der Waals surface area (Å²) in [4.78, 5) is 12.9. The van der Waals surface area contributed by atoms with E-state index in [0.717, 1.165) is 21.2 Å². The quantitative estimate of drug-likeness (QED) is 0.448. The molecule has 0 radical (unpaired) electrons. The highest BCUT2D eigenvalue weighted by Gasteiger charge is 2.22. The molecule has 1 atom stereocenters. The van der Waals surface area contributed by atoms with E-state index < -0.39 is 5.97 Å². The summed E-state index contributed by atoms with van der Waals surface area (Å²) in [6, 6.07) is 11.4. The molecule has 1 N–H and O–H groups in total. The Morgan fingerprint density at radius 1 is 1.24 bits per heavy atom. The second-order valence-electron chi connectivity index (χ2n) is 6.51. The lowest BCUT2D eigenvalue weighted by Gasteiger charge is -2.32. The Bertz CT molecular complexity index is 812. The lowest BCUT2D eigenvalue weighted by atomic mass is 10.1. The van der Waals surface area contributed by atoms with E-state index in [2.05, 4.69) is 27.5 Å². The first-order valence-electron chi connectivity index (χ1n) is 8.84. The van der Waals surface area contributed by atoms with Gasteiger partial charge in [-0.1, -0.05) is 35.3 Å². The maximum atomic E-state index is 10.8. The molecule has 0 aliphatic carbocycles. The van der Waals surface area contributed by atoms with Crippen LogP contribution in [0.2, 0.25) is 10.0 Å². The van der Waals surface area contributed by atoms with E-state index in [-0.39, 0.29) is 31.5 Å². The fraction of sp³-hybridized carbons (Fsp3) is 0.350. The number of carbonyl (C=O) groups is 1. The van der Waals surface area contributed by atoms with Crippen LogP contribution in [-0.2, 0) is 16.1 Å². The number of rotatable bonds is 7. The van der Waals surface area contributed by atoms with Gasteiger partial charge in [-0.2, -0.15) is 0 Å². The zero-order valence-electron chi connectivity index (χ0n) is 15.4. The number of morpholine rings is 1. The lowest BCUT2D eigenvalue weighted by molar-refractivity contribution is -0.137. The van der Waals surface area contributed by atoms with Gasteiger partial charge in [0.1, 0.15) is 12.4 Å². The smallest absolute Gasteiger partial charge is 0.304 e. The summed E-state index contributed by atoms with van der Waals surface area (Å²) < 4.78 is 12.7. The summed E-state index contributed by atoms with van der Waals surface area (Å²) >= 11 is 14.7. The first-order valence-corrected chi connectivity index (χ1v) is 10.7. The van der Waals surface area contributed by atoms with Gasteiger partial charge in [-0.15, -0.1) is 12.4 Å². The molecule has 0 amide bonds. The molecule has 0 bridgehead atoms. The number of ether oxygens (including phenoxy) is 2. The van der Waals surface area contributed by atoms with Gasteiger partial charge in [0, 0.05) is 38.8 Å². The minimum Gasteiger partial charge on any atom is -0.489 e. The number of hydrogen-bond acceptors (Lipinski definition) is 4. The predicted molar refractivity (Wildman–Crippen MR) is 125 cm³/mol. The van der Waals surface area contributed by atoms with Crippen LogP contribution in [-0.4, -0.2) is 42.2 Å². The second-order valence-corrected chi connectivity index (χ2v) is 8.57. The Balaban J connectivity index is 0.00000300. The molecule has 0 saturated carbocycles. The zero-order valence-corrected chi connectivity index (χ0v) is 19.9. The summed E-state index contributed by atoms with van der Waals surface area (Å²) in [5.74, 6) is -0.0640. The molecular weight excluding hydrogens is 551 g/mol. The molecule has 2 aromatic carbocycles. The summed E-state index contributed by atoms with van der Waals surface area (Å²) in [5, 5.41) is 10.0. The van der Waals surface area contributed by atoms with Crippen LogP contribution in [0, 0.1) is 3.57 Å². The van der Waals surface area contributed by atoms with E-state index in [4.69, 9.17) is 37.8 Å². The van der Waals surface area contributed by atoms with Gasteiger partial charge in [0.15, 0.2) is 0 Å². The Morgan fingerprint density at radius 3 is 2.52 bits per heavy atom. The highest BCUT2D eigenvalue weighted by atomic mass is 127. The van der Waals surface area contributed by atoms with Crippen LogP contribution in [0.4, 0.5) is 0 Å². The van der Waals surface area contributed by atoms with Crippen LogP contribution in [0.25, 0.3) is 0 Å². The van der Waals surface area contributed by atoms with Gasteiger partial charge < -0.3 is 14.6 Å². The van der Waals surface area contributed by atoms with Crippen molar-refractivity contribution in [2.45, 2.75) is 19.1 Å². The molecular formula is C20H21Cl3INO4. The maximum absolute atomic E-state index is 10.8. The lowest BCUT2D eigenvalue weighted by Crippen LogP contribution is -2.39. The first kappa shape index (κ1) is 24.5. The van der Waals surface area contributed by atoms with Crippen LogP contribution in [0.1, 0.15) is 23.7 Å². The van der Waals surface area contributed by atoms with Crippen molar-refractivity contribution in [3.05, 3.63) is 61.1 Å². The first-order chi connectivity index (χ1) is 13.4. The van der Waals surface area contributed by atoms with E-state index in [9.17, 15) is 4.79 Å². The van der Waals surface area contributed by atoms with E-state index in [0.29, 0.717) is 35.5 Å². The largest absolute Gasteiger partial charge is 0.489 e. The minimum atomic E-state index is -0.780. The summed E-state index contributed by atoms with van der Waals surface area (Å²) in [6.07, 6.45) is 0.0695. The van der Waals surface area contributed by atoms with E-state index in [1.165, 1.54) is 0 Å². The molecule has 1 aliphatic heterocycles. The van der Waals surface area contributed by atoms with Crippen molar-refractivity contribution in [3.8, 4) is 5.75 Å². The molecule has 1 aliphatic rings. The van der Waals surface area contributed by atoms with Crippen LogP contribution >= 0.6 is 58.2 Å². The van der Waals surface area contributed by atoms with Gasteiger partial charge in [-0.05, 0) is 52.4 Å². The SMILES string of the molecule is Cl.O=C(O)CCN1CCOC(c2ccc(OCc3c(Cl)cc(I)cc3Cl)cc2)C1. The fourth-order valence-corrected chi connectivity index (χ4v) is 4.59. The van der Waals surface area contributed by atoms with Crippen molar-refractivity contribution in [1.29, 1.82) is 0 Å². The Labute approximate surface area is 199 Å². The van der Waals surface area contributed by atoms with Crippen molar-refractivity contribution >= 4 is 64.2 Å². The maximum Gasteiger partial charge on any atom is 0.304 e. The van der Waals surface area contributed by atoms with E-state index >= 15 is 0 Å². The molecule has 1 fully saturated rings. The summed E-state index contributed by atoms with van der Waals surface area (Å²) in [6.45, 7) is 2.85. The van der Waals surface area contributed by atoms with Gasteiger partial charge in [0.05, 0.1) is 19.1 Å². The van der Waals surface area contributed by atoms with E-state index in [1.54, 1.807) is 0 Å². The third-order valence-corrected chi connectivity index (χ3v) is 5.83. The van der Waals surface area contributed by atoms with Crippen molar-refractivity contribution in [3.63, 3.8) is 0 Å². The van der Waals surface area contributed by atoms with Gasteiger partial charge in [0.2, 0.25) is 0 Å². The Kier molecular flexibility index (Phi) is 9.78. The molecule has 2 aromatic rings. The van der Waals surface area contributed by atoms with E-state index in [1.807, 2.05) is 36.4 Å². The Morgan fingerprint density at radius 2 is 1.90 bits per heavy atom. The monoisotopic (exact) mass is 571 g/mol. The zero-order chi connectivity index (χ0) is 20.1. The minimum absolute atomic E-state index is 0. The number of carboxylic acid groups (broad SMARTS) is 1. The van der Waals surface area contributed by atoms with Crippen LogP contribution in [0.3, 0.4) is 0 Å². The van der Waals surface area contributed by atoms with Gasteiger partial charge in [-0.3, -0.25) is 9.69 Å². The Hall–Kier alpha value is -0.770. The van der Waals surface area contributed by atoms with Gasteiger partial charge in [-0.25, -0.2) is 0 Å². The second kappa shape index (κ2) is 11.6. The van der Waals surface area contributed by atoms with Crippen molar-refractivity contribution in [2.75, 3.05) is 26.2 Å². The van der Waals surface area contributed by atoms with Crippen LogP contribution in [0.15, 0.2) is 36.4 Å². The molecule has 1 heterocycles. The normalized spacial score (nSPS) is 16.9. The van der Waals surface area contributed by atoms with Crippen molar-refractivity contribution in [1.82, 2.24) is 4.90 Å². The van der Waals surface area contributed by atoms with Gasteiger partial charge >= 0.3 is 5.97 Å². The number of carboxylic acids is 1. The average molecular weight is 573 g/mol. The topological polar surface area (TPSA) is 59.0 Å². The molecule has 5 nitrogen and oxygen atoms in total.